The molecule has 1 unspecified atom stereocenters. The Morgan fingerprint density at radius 3 is 2.80 bits per heavy atom. The lowest BCUT2D eigenvalue weighted by atomic mass is 10.0. The van der Waals surface area contributed by atoms with Crippen LogP contribution in [0, 0.1) is 0 Å². The van der Waals surface area contributed by atoms with E-state index in [1.807, 2.05) is 12.1 Å². The zero-order chi connectivity index (χ0) is 14.6. The van der Waals surface area contributed by atoms with Crippen molar-refractivity contribution >= 4 is 15.7 Å². The Morgan fingerprint density at radius 2 is 2.05 bits per heavy atom. The van der Waals surface area contributed by atoms with Crippen LogP contribution in [0.1, 0.15) is 37.3 Å². The smallest absolute Gasteiger partial charge is 0.217 e. The van der Waals surface area contributed by atoms with Gasteiger partial charge in [0.25, 0.3) is 0 Å². The van der Waals surface area contributed by atoms with Gasteiger partial charge in [0.05, 0.1) is 10.6 Å². The van der Waals surface area contributed by atoms with E-state index in [1.54, 1.807) is 12.1 Å². The number of hydrogen-bond donors (Lipinski definition) is 2. The maximum absolute atomic E-state index is 12.0. The van der Waals surface area contributed by atoms with Gasteiger partial charge in [-0.2, -0.15) is 0 Å². The largest absolute Gasteiger partial charge is 0.370 e. The molecular formula is C14H20N2O3S. The average Bonchev–Trinajstić information content (AvgIpc) is 2.41. The van der Waals surface area contributed by atoms with Crippen LogP contribution in [0.2, 0.25) is 0 Å². The second-order valence-electron chi connectivity index (χ2n) is 5.08. The third-order valence-corrected chi connectivity index (χ3v) is 5.36. The van der Waals surface area contributed by atoms with Crippen molar-refractivity contribution in [3.8, 4) is 0 Å². The van der Waals surface area contributed by atoms with Gasteiger partial charge in [0, 0.05) is 12.5 Å². The predicted molar refractivity (Wildman–Crippen MR) is 76.9 cm³/mol. The van der Waals surface area contributed by atoms with Crippen molar-refractivity contribution in [2.75, 3.05) is 12.3 Å². The van der Waals surface area contributed by atoms with Crippen LogP contribution in [0.25, 0.3) is 0 Å². The topological polar surface area (TPSA) is 89.3 Å². The molecule has 1 amide bonds. The number of carbonyl (C=O) groups excluding carboxylic acids is 1. The Morgan fingerprint density at radius 1 is 1.30 bits per heavy atom. The molecule has 1 atom stereocenters. The number of amides is 1. The summed E-state index contributed by atoms with van der Waals surface area (Å²) in [5, 5.41) is 3.37. The fraction of sp³-hybridized carbons (Fsp3) is 0.500. The fourth-order valence-electron chi connectivity index (χ4n) is 2.50. The van der Waals surface area contributed by atoms with Crippen molar-refractivity contribution in [2.45, 2.75) is 36.6 Å². The van der Waals surface area contributed by atoms with E-state index in [9.17, 15) is 13.2 Å². The van der Waals surface area contributed by atoms with Crippen LogP contribution in [0.3, 0.4) is 0 Å². The van der Waals surface area contributed by atoms with E-state index in [0.29, 0.717) is 17.7 Å². The highest BCUT2D eigenvalue weighted by atomic mass is 32.2. The number of nitrogens with two attached hydrogens (primary N) is 1. The van der Waals surface area contributed by atoms with E-state index < -0.39 is 9.84 Å². The van der Waals surface area contributed by atoms with Crippen LogP contribution in [0.15, 0.2) is 29.2 Å². The monoisotopic (exact) mass is 296 g/mol. The molecule has 6 heteroatoms. The highest BCUT2D eigenvalue weighted by Gasteiger charge is 2.29. The van der Waals surface area contributed by atoms with E-state index in [2.05, 4.69) is 5.32 Å². The van der Waals surface area contributed by atoms with Crippen LogP contribution >= 0.6 is 0 Å². The zero-order valence-electron chi connectivity index (χ0n) is 11.3. The first-order chi connectivity index (χ1) is 9.50. The Kier molecular flexibility index (Phi) is 4.77. The van der Waals surface area contributed by atoms with E-state index in [-0.39, 0.29) is 17.7 Å². The molecule has 1 aromatic rings. The molecule has 0 radical (unpaired) electrons. The number of benzene rings is 1. The van der Waals surface area contributed by atoms with Gasteiger partial charge in [-0.3, -0.25) is 4.79 Å². The van der Waals surface area contributed by atoms with Gasteiger partial charge in [-0.15, -0.1) is 0 Å². The number of primary amides is 1. The fourth-order valence-corrected chi connectivity index (χ4v) is 4.12. The minimum absolute atomic E-state index is 0.0725. The first-order valence-electron chi connectivity index (χ1n) is 6.84. The summed E-state index contributed by atoms with van der Waals surface area (Å²) in [6.07, 6.45) is 2.61. The molecule has 0 saturated carbocycles. The van der Waals surface area contributed by atoms with Gasteiger partial charge >= 0.3 is 0 Å². The Labute approximate surface area is 119 Å². The Balaban J connectivity index is 1.96. The summed E-state index contributed by atoms with van der Waals surface area (Å²) in [7, 11) is -3.12. The summed E-state index contributed by atoms with van der Waals surface area (Å²) in [4.78, 5) is 11.1. The van der Waals surface area contributed by atoms with Crippen LogP contribution in [0.4, 0.5) is 0 Å². The molecule has 0 spiro atoms. The van der Waals surface area contributed by atoms with Crippen molar-refractivity contribution in [2.24, 2.45) is 5.73 Å². The first kappa shape index (κ1) is 15.0. The van der Waals surface area contributed by atoms with Crippen molar-refractivity contribution in [1.29, 1.82) is 0 Å². The van der Waals surface area contributed by atoms with E-state index in [1.165, 1.54) is 0 Å². The molecule has 1 aliphatic rings. The summed E-state index contributed by atoms with van der Waals surface area (Å²) in [5.41, 5.74) is 5.94. The van der Waals surface area contributed by atoms with Crippen molar-refractivity contribution in [3.63, 3.8) is 0 Å². The highest BCUT2D eigenvalue weighted by molar-refractivity contribution is 7.91. The average molecular weight is 296 g/mol. The second-order valence-corrected chi connectivity index (χ2v) is 7.15. The van der Waals surface area contributed by atoms with Crippen molar-refractivity contribution < 1.29 is 13.2 Å². The molecule has 20 heavy (non-hydrogen) atoms. The van der Waals surface area contributed by atoms with Crippen molar-refractivity contribution in [1.82, 2.24) is 5.32 Å². The summed E-state index contributed by atoms with van der Waals surface area (Å²) in [6.45, 7) is 0.756. The molecule has 3 N–H and O–H groups in total. The maximum atomic E-state index is 12.0. The van der Waals surface area contributed by atoms with Gasteiger partial charge in [-0.1, -0.05) is 18.2 Å². The Hall–Kier alpha value is -1.40. The van der Waals surface area contributed by atoms with Crippen molar-refractivity contribution in [3.05, 3.63) is 29.8 Å². The SMILES string of the molecule is NC(=O)CCCCNC1CCS(=O)(=O)c2ccccc21. The Bertz CT molecular complexity index is 584. The quantitative estimate of drug-likeness (QED) is 0.771. The molecule has 5 nitrogen and oxygen atoms in total. The molecule has 110 valence electrons. The third kappa shape index (κ3) is 3.58. The zero-order valence-corrected chi connectivity index (χ0v) is 12.2. The number of sulfone groups is 1. The minimum atomic E-state index is -3.12. The lowest BCUT2D eigenvalue weighted by molar-refractivity contribution is -0.118. The molecule has 1 aliphatic heterocycles. The molecular weight excluding hydrogens is 276 g/mol. The molecule has 0 bridgehead atoms. The summed E-state index contributed by atoms with van der Waals surface area (Å²) >= 11 is 0. The van der Waals surface area contributed by atoms with Gasteiger partial charge in [0.2, 0.25) is 5.91 Å². The highest BCUT2D eigenvalue weighted by Crippen LogP contribution is 2.31. The lowest BCUT2D eigenvalue weighted by Gasteiger charge is -2.26. The van der Waals surface area contributed by atoms with E-state index >= 15 is 0 Å². The first-order valence-corrected chi connectivity index (χ1v) is 8.49. The standard InChI is InChI=1S/C14H20N2O3S/c15-14(17)7-3-4-9-16-12-8-10-20(18,19)13-6-2-1-5-11(12)13/h1-2,5-6,12,16H,3-4,7-10H2,(H2,15,17). The van der Waals surface area contributed by atoms with Gasteiger partial charge in [-0.25, -0.2) is 8.42 Å². The van der Waals surface area contributed by atoms with Gasteiger partial charge in [0.15, 0.2) is 9.84 Å². The number of carbonyl (C=O) groups is 1. The minimum Gasteiger partial charge on any atom is -0.370 e. The second kappa shape index (κ2) is 6.37. The molecule has 0 saturated heterocycles. The summed E-state index contributed by atoms with van der Waals surface area (Å²) < 4.78 is 24.0. The van der Waals surface area contributed by atoms with Gasteiger partial charge in [0.1, 0.15) is 0 Å². The molecule has 0 fully saturated rings. The number of fused-ring (bicyclic) bond motifs is 1. The number of rotatable bonds is 6. The van der Waals surface area contributed by atoms with Gasteiger partial charge < -0.3 is 11.1 Å². The third-order valence-electron chi connectivity index (χ3n) is 3.55. The maximum Gasteiger partial charge on any atom is 0.217 e. The normalized spacial score (nSPS) is 20.3. The number of unbranched alkanes of at least 4 members (excludes halogenated alkanes) is 1. The molecule has 0 aromatic heterocycles. The van der Waals surface area contributed by atoms with Gasteiger partial charge in [-0.05, 0) is 37.4 Å². The van der Waals surface area contributed by atoms with Crippen LogP contribution in [-0.2, 0) is 14.6 Å². The number of nitrogens with one attached hydrogen (secondary N) is 1. The summed E-state index contributed by atoms with van der Waals surface area (Å²) in [6, 6.07) is 7.23. The predicted octanol–water partition coefficient (Wildman–Crippen LogP) is 1.15. The summed E-state index contributed by atoms with van der Waals surface area (Å²) in [5.74, 6) is -0.0951. The van der Waals surface area contributed by atoms with Crippen LogP contribution in [0.5, 0.6) is 0 Å². The van der Waals surface area contributed by atoms with E-state index in [0.717, 1.165) is 24.9 Å². The molecule has 0 aliphatic carbocycles. The molecule has 2 rings (SSSR count). The van der Waals surface area contributed by atoms with E-state index in [4.69, 9.17) is 5.73 Å². The van der Waals surface area contributed by atoms with Crippen LogP contribution < -0.4 is 11.1 Å². The van der Waals surface area contributed by atoms with Crippen LogP contribution in [-0.4, -0.2) is 26.6 Å². The lowest BCUT2D eigenvalue weighted by Crippen LogP contribution is -2.30. The molecule has 1 aromatic carbocycles. The molecule has 1 heterocycles. The number of hydrogen-bond acceptors (Lipinski definition) is 4.